The maximum absolute atomic E-state index is 13.2. The molecule has 27 heavy (non-hydrogen) atoms. The number of carboxylic acid groups (broad SMARTS) is 1. The Hall–Kier alpha value is -2.63. The van der Waals surface area contributed by atoms with Gasteiger partial charge in [0, 0.05) is 13.1 Å². The third-order valence-corrected chi connectivity index (χ3v) is 5.92. The number of piperidine rings is 1. The molecular weight excluding hydrogens is 342 g/mol. The minimum Gasteiger partial charge on any atom is -0.478 e. The Balaban J connectivity index is 1.44. The van der Waals surface area contributed by atoms with Crippen molar-refractivity contribution in [2.24, 2.45) is 5.92 Å². The second kappa shape index (κ2) is 7.18. The van der Waals surface area contributed by atoms with Crippen molar-refractivity contribution in [3.05, 3.63) is 53.3 Å². The van der Waals surface area contributed by atoms with Crippen molar-refractivity contribution < 1.29 is 14.7 Å². The fraction of sp³-hybridized carbons (Fsp3) is 0.476. The van der Waals surface area contributed by atoms with E-state index in [1.54, 1.807) is 6.92 Å². The zero-order chi connectivity index (χ0) is 19.0. The van der Waals surface area contributed by atoms with Crippen LogP contribution in [0.15, 0.2) is 36.5 Å². The Morgan fingerprint density at radius 1 is 1.11 bits per heavy atom. The molecule has 1 saturated heterocycles. The van der Waals surface area contributed by atoms with E-state index in [0.29, 0.717) is 24.7 Å². The van der Waals surface area contributed by atoms with Crippen molar-refractivity contribution in [3.63, 3.8) is 0 Å². The van der Waals surface area contributed by atoms with E-state index in [4.69, 9.17) is 0 Å². The highest BCUT2D eigenvalue weighted by Gasteiger charge is 2.40. The molecule has 1 aliphatic heterocycles. The Morgan fingerprint density at radius 3 is 2.33 bits per heavy atom. The van der Waals surface area contributed by atoms with Gasteiger partial charge < -0.3 is 10.0 Å². The first kappa shape index (κ1) is 17.8. The number of rotatable bonds is 5. The normalized spacial score (nSPS) is 19.1. The smallest absolute Gasteiger partial charge is 0.339 e. The Labute approximate surface area is 158 Å². The van der Waals surface area contributed by atoms with Crippen LogP contribution in [0.25, 0.3) is 0 Å². The highest BCUT2D eigenvalue weighted by molar-refractivity contribution is 5.88. The van der Waals surface area contributed by atoms with E-state index in [0.717, 1.165) is 31.2 Å². The topological polar surface area (TPSA) is 75.4 Å². The van der Waals surface area contributed by atoms with E-state index in [2.05, 4.69) is 17.2 Å². The van der Waals surface area contributed by atoms with Crippen LogP contribution in [-0.4, -0.2) is 44.8 Å². The highest BCUT2D eigenvalue weighted by Crippen LogP contribution is 2.44. The molecule has 0 radical (unpaired) electrons. The van der Waals surface area contributed by atoms with Crippen molar-refractivity contribution in [1.82, 2.24) is 14.7 Å². The molecule has 0 spiro atoms. The molecule has 6 nitrogen and oxygen atoms in total. The maximum atomic E-state index is 13.2. The summed E-state index contributed by atoms with van der Waals surface area (Å²) < 4.78 is 1.82. The van der Waals surface area contributed by atoms with E-state index < -0.39 is 5.97 Å². The molecule has 1 unspecified atom stereocenters. The molecule has 1 aromatic heterocycles. The van der Waals surface area contributed by atoms with Crippen molar-refractivity contribution >= 4 is 11.9 Å². The van der Waals surface area contributed by atoms with E-state index >= 15 is 0 Å². The van der Waals surface area contributed by atoms with Crippen molar-refractivity contribution in [1.29, 1.82) is 0 Å². The Morgan fingerprint density at radius 2 is 1.78 bits per heavy atom. The summed E-state index contributed by atoms with van der Waals surface area (Å²) in [7, 11) is 0. The number of aromatic nitrogens is 2. The summed E-state index contributed by atoms with van der Waals surface area (Å²) in [6.07, 6.45) is 5.30. The first-order chi connectivity index (χ1) is 13.1. The van der Waals surface area contributed by atoms with Crippen LogP contribution < -0.4 is 0 Å². The van der Waals surface area contributed by atoms with Gasteiger partial charge in [-0.1, -0.05) is 30.3 Å². The molecule has 1 aliphatic carbocycles. The Bertz CT molecular complexity index is 834. The number of amides is 1. The van der Waals surface area contributed by atoms with Gasteiger partial charge in [0.2, 0.25) is 5.91 Å². The van der Waals surface area contributed by atoms with E-state index in [-0.39, 0.29) is 23.4 Å². The van der Waals surface area contributed by atoms with Crippen LogP contribution in [0.4, 0.5) is 0 Å². The van der Waals surface area contributed by atoms with Crippen molar-refractivity contribution in [2.45, 2.75) is 44.6 Å². The van der Waals surface area contributed by atoms with E-state index in [1.807, 2.05) is 27.8 Å². The van der Waals surface area contributed by atoms with Crippen LogP contribution in [0.3, 0.4) is 0 Å². The predicted molar refractivity (Wildman–Crippen MR) is 101 cm³/mol. The van der Waals surface area contributed by atoms with Gasteiger partial charge in [0.1, 0.15) is 5.56 Å². The SMILES string of the molecule is Cc1c(C(=O)O)cnn1C1CCN(C(=O)C(c2ccccc2)C2CC2)CC1. The summed E-state index contributed by atoms with van der Waals surface area (Å²) in [5, 5.41) is 13.5. The molecule has 1 N–H and O–H groups in total. The van der Waals surface area contributed by atoms with E-state index in [9.17, 15) is 14.7 Å². The van der Waals surface area contributed by atoms with Gasteiger partial charge in [0.15, 0.2) is 0 Å². The monoisotopic (exact) mass is 367 g/mol. The molecule has 2 aromatic rings. The minimum atomic E-state index is -0.943. The quantitative estimate of drug-likeness (QED) is 0.880. The number of aromatic carboxylic acids is 1. The first-order valence-corrected chi connectivity index (χ1v) is 9.67. The number of carbonyl (C=O) groups excluding carboxylic acids is 1. The van der Waals surface area contributed by atoms with Gasteiger partial charge in [-0.3, -0.25) is 9.48 Å². The molecule has 4 rings (SSSR count). The first-order valence-electron chi connectivity index (χ1n) is 9.67. The van der Waals surface area contributed by atoms with Gasteiger partial charge in [-0.05, 0) is 44.1 Å². The van der Waals surface area contributed by atoms with Gasteiger partial charge in [-0.15, -0.1) is 0 Å². The lowest BCUT2D eigenvalue weighted by atomic mass is 9.91. The number of nitrogens with zero attached hydrogens (tertiary/aromatic N) is 3. The van der Waals surface area contributed by atoms with Crippen LogP contribution in [-0.2, 0) is 4.79 Å². The lowest BCUT2D eigenvalue weighted by Gasteiger charge is -2.35. The van der Waals surface area contributed by atoms with Crippen LogP contribution in [0.1, 0.15) is 59.3 Å². The molecule has 1 saturated carbocycles. The summed E-state index contributed by atoms with van der Waals surface area (Å²) in [6, 6.07) is 10.3. The molecule has 142 valence electrons. The van der Waals surface area contributed by atoms with Gasteiger partial charge in [0.05, 0.1) is 23.9 Å². The molecule has 0 bridgehead atoms. The minimum absolute atomic E-state index is 0.0206. The summed E-state index contributed by atoms with van der Waals surface area (Å²) in [5.74, 6) is -0.246. The maximum Gasteiger partial charge on any atom is 0.339 e. The molecule has 2 fully saturated rings. The molecule has 1 aromatic carbocycles. The molecule has 1 amide bonds. The van der Waals surface area contributed by atoms with Gasteiger partial charge in [-0.25, -0.2) is 4.79 Å². The van der Waals surface area contributed by atoms with Crippen molar-refractivity contribution in [3.8, 4) is 0 Å². The number of hydrogen-bond acceptors (Lipinski definition) is 3. The lowest BCUT2D eigenvalue weighted by molar-refractivity contribution is -0.134. The summed E-state index contributed by atoms with van der Waals surface area (Å²) in [4.78, 5) is 26.4. The second-order valence-corrected chi connectivity index (χ2v) is 7.68. The fourth-order valence-corrected chi connectivity index (χ4v) is 4.24. The number of likely N-dealkylation sites (tertiary alicyclic amines) is 1. The molecular formula is C21H25N3O3. The summed E-state index contributed by atoms with van der Waals surface area (Å²) in [6.45, 7) is 3.19. The van der Waals surface area contributed by atoms with Crippen LogP contribution in [0.2, 0.25) is 0 Å². The zero-order valence-corrected chi connectivity index (χ0v) is 15.5. The molecule has 2 aliphatic rings. The number of carbonyl (C=O) groups is 2. The zero-order valence-electron chi connectivity index (χ0n) is 15.5. The third kappa shape index (κ3) is 3.48. The average molecular weight is 367 g/mol. The lowest BCUT2D eigenvalue weighted by Crippen LogP contribution is -2.42. The van der Waals surface area contributed by atoms with Gasteiger partial charge in [0.25, 0.3) is 0 Å². The molecule has 2 heterocycles. The Kier molecular flexibility index (Phi) is 4.72. The van der Waals surface area contributed by atoms with Crippen LogP contribution in [0, 0.1) is 12.8 Å². The largest absolute Gasteiger partial charge is 0.478 e. The van der Waals surface area contributed by atoms with E-state index in [1.165, 1.54) is 6.20 Å². The molecule has 6 heteroatoms. The molecule has 1 atom stereocenters. The standard InChI is InChI=1S/C21H25N3O3/c1-14-18(21(26)27)13-22-24(14)17-9-11-23(12-10-17)20(25)19(16-7-8-16)15-5-3-2-4-6-15/h2-6,13,16-17,19H,7-12H2,1H3,(H,26,27). The predicted octanol–water partition coefficient (Wildman–Crippen LogP) is 3.25. The van der Waals surface area contributed by atoms with Gasteiger partial charge in [-0.2, -0.15) is 5.10 Å². The van der Waals surface area contributed by atoms with Crippen LogP contribution >= 0.6 is 0 Å². The van der Waals surface area contributed by atoms with Crippen LogP contribution in [0.5, 0.6) is 0 Å². The highest BCUT2D eigenvalue weighted by atomic mass is 16.4. The fourth-order valence-electron chi connectivity index (χ4n) is 4.24. The van der Waals surface area contributed by atoms with Gasteiger partial charge >= 0.3 is 5.97 Å². The number of carboxylic acids is 1. The number of benzene rings is 1. The second-order valence-electron chi connectivity index (χ2n) is 7.68. The number of hydrogen-bond donors (Lipinski definition) is 1. The average Bonchev–Trinajstić information content (AvgIpc) is 3.43. The summed E-state index contributed by atoms with van der Waals surface area (Å²) >= 11 is 0. The third-order valence-electron chi connectivity index (χ3n) is 5.92. The van der Waals surface area contributed by atoms with Crippen molar-refractivity contribution in [2.75, 3.05) is 13.1 Å². The summed E-state index contributed by atoms with van der Waals surface area (Å²) in [5.41, 5.74) is 2.07.